The summed E-state index contributed by atoms with van der Waals surface area (Å²) in [6.07, 6.45) is 3.69. The Kier molecular flexibility index (Phi) is 8.39. The second-order valence-corrected chi connectivity index (χ2v) is 9.80. The second kappa shape index (κ2) is 10.8. The van der Waals surface area contributed by atoms with Crippen molar-refractivity contribution in [2.45, 2.75) is 25.9 Å². The second-order valence-electron chi connectivity index (χ2n) is 7.44. The van der Waals surface area contributed by atoms with E-state index < -0.39 is 0 Å². The molecule has 4 nitrogen and oxygen atoms in total. The lowest BCUT2D eigenvalue weighted by Crippen LogP contribution is -2.24. The minimum Gasteiger partial charge on any atom is -0.396 e. The monoisotopic (exact) mass is 479 g/mol. The van der Waals surface area contributed by atoms with Gasteiger partial charge in [-0.3, -0.25) is 0 Å². The van der Waals surface area contributed by atoms with E-state index in [-0.39, 0.29) is 6.61 Å². The molecule has 2 aromatic heterocycles. The molecule has 2 heterocycles. The van der Waals surface area contributed by atoms with Crippen molar-refractivity contribution in [1.29, 1.82) is 0 Å². The number of hydrogen-bond acceptors (Lipinski definition) is 5. The fourth-order valence-electron chi connectivity index (χ4n) is 3.12. The van der Waals surface area contributed by atoms with Crippen LogP contribution in [0.4, 0.5) is 0 Å². The zero-order valence-corrected chi connectivity index (χ0v) is 20.4. The quantitative estimate of drug-likeness (QED) is 0.421. The first-order chi connectivity index (χ1) is 14.4. The van der Waals surface area contributed by atoms with Crippen LogP contribution in [0.25, 0.3) is 10.2 Å². The molecule has 0 aliphatic rings. The third-order valence-electron chi connectivity index (χ3n) is 4.78. The van der Waals surface area contributed by atoms with E-state index in [4.69, 9.17) is 36.0 Å². The van der Waals surface area contributed by atoms with Gasteiger partial charge in [-0.05, 0) is 50.7 Å². The number of likely N-dealkylation sites (N-methyl/N-ethyl adjacent to an activating group) is 1. The van der Waals surface area contributed by atoms with Crippen molar-refractivity contribution in [2.75, 3.05) is 27.2 Å². The van der Waals surface area contributed by atoms with E-state index >= 15 is 0 Å². The van der Waals surface area contributed by atoms with Crippen LogP contribution in [0, 0.1) is 4.51 Å². The van der Waals surface area contributed by atoms with Gasteiger partial charge in [0.15, 0.2) is 0 Å². The van der Waals surface area contributed by atoms with Crippen LogP contribution in [-0.4, -0.2) is 46.8 Å². The Morgan fingerprint density at radius 2 is 2.00 bits per heavy atom. The van der Waals surface area contributed by atoms with Gasteiger partial charge in [0.05, 0.1) is 4.51 Å². The molecule has 0 fully saturated rings. The van der Waals surface area contributed by atoms with Crippen LogP contribution < -0.4 is 5.32 Å². The van der Waals surface area contributed by atoms with Crippen LogP contribution in [0.3, 0.4) is 0 Å². The molecule has 3 rings (SSSR count). The summed E-state index contributed by atoms with van der Waals surface area (Å²) < 4.78 is 3.04. The Labute approximate surface area is 197 Å². The molecule has 0 amide bonds. The first kappa shape index (κ1) is 23.3. The number of nitrogens with zero attached hydrogens (tertiary/aromatic N) is 2. The number of hydrogen-bond donors (Lipinski definition) is 2. The van der Waals surface area contributed by atoms with Crippen molar-refractivity contribution in [2.24, 2.45) is 0 Å². The van der Waals surface area contributed by atoms with Gasteiger partial charge < -0.3 is 19.9 Å². The van der Waals surface area contributed by atoms with Crippen LogP contribution >= 0.6 is 47.4 Å². The third-order valence-corrected chi connectivity index (χ3v) is 7.07. The van der Waals surface area contributed by atoms with E-state index in [0.717, 1.165) is 52.0 Å². The summed E-state index contributed by atoms with van der Waals surface area (Å²) in [5, 5.41) is 14.3. The Bertz CT molecular complexity index is 1070. The molecule has 0 bridgehead atoms. The van der Waals surface area contributed by atoms with Gasteiger partial charge in [0, 0.05) is 53.3 Å². The van der Waals surface area contributed by atoms with E-state index in [1.165, 1.54) is 9.71 Å². The number of aromatic nitrogens is 1. The molecule has 0 aliphatic carbocycles. The van der Waals surface area contributed by atoms with Gasteiger partial charge in [-0.15, -0.1) is 11.3 Å². The van der Waals surface area contributed by atoms with Crippen LogP contribution in [0.1, 0.15) is 22.4 Å². The molecule has 0 atom stereocenters. The maximum Gasteiger partial charge on any atom is 0.109 e. The third kappa shape index (κ3) is 5.87. The number of benzene rings is 1. The van der Waals surface area contributed by atoms with Crippen molar-refractivity contribution in [3.63, 3.8) is 0 Å². The molecule has 8 heteroatoms. The van der Waals surface area contributed by atoms with Gasteiger partial charge >= 0.3 is 0 Å². The van der Waals surface area contributed by atoms with Crippen molar-refractivity contribution in [3.8, 4) is 0 Å². The van der Waals surface area contributed by atoms with E-state index in [2.05, 4.69) is 41.1 Å². The SMILES string of the molecule is CN(C)CCn1cc(C(=S)NCc2ccc(Cl)cc2)c(=S)c2cc(CCCO)sc21. The van der Waals surface area contributed by atoms with Crippen molar-refractivity contribution in [1.82, 2.24) is 14.8 Å². The average molecular weight is 480 g/mol. The Balaban J connectivity index is 1.91. The number of rotatable bonds is 9. The molecule has 0 unspecified atom stereocenters. The topological polar surface area (TPSA) is 40.4 Å². The molecule has 3 aromatic rings. The minimum absolute atomic E-state index is 0.194. The van der Waals surface area contributed by atoms with Crippen LogP contribution in [0.15, 0.2) is 36.5 Å². The molecular weight excluding hydrogens is 454 g/mol. The largest absolute Gasteiger partial charge is 0.396 e. The zero-order valence-electron chi connectivity index (χ0n) is 17.2. The van der Waals surface area contributed by atoms with E-state index in [0.29, 0.717) is 11.5 Å². The average Bonchev–Trinajstić information content (AvgIpc) is 3.16. The molecule has 0 radical (unpaired) electrons. The fourth-order valence-corrected chi connectivity index (χ4v) is 5.11. The number of fused-ring (bicyclic) bond motifs is 1. The van der Waals surface area contributed by atoms with Crippen molar-refractivity contribution >= 4 is 62.6 Å². The van der Waals surface area contributed by atoms with Crippen LogP contribution in [0.5, 0.6) is 0 Å². The summed E-state index contributed by atoms with van der Waals surface area (Å²) in [5.74, 6) is 0. The smallest absolute Gasteiger partial charge is 0.109 e. The minimum atomic E-state index is 0.194. The number of aliphatic hydroxyl groups excluding tert-OH is 1. The van der Waals surface area contributed by atoms with Gasteiger partial charge in [0.2, 0.25) is 0 Å². The molecule has 1 aromatic carbocycles. The highest BCUT2D eigenvalue weighted by Crippen LogP contribution is 2.29. The van der Waals surface area contributed by atoms with Crippen molar-refractivity contribution < 1.29 is 5.11 Å². The number of halogens is 1. The summed E-state index contributed by atoms with van der Waals surface area (Å²) in [7, 11) is 4.14. The Morgan fingerprint density at radius 1 is 1.27 bits per heavy atom. The first-order valence-corrected chi connectivity index (χ1v) is 11.8. The lowest BCUT2D eigenvalue weighted by atomic mass is 10.2. The van der Waals surface area contributed by atoms with Gasteiger partial charge in [-0.25, -0.2) is 0 Å². The highest BCUT2D eigenvalue weighted by molar-refractivity contribution is 7.80. The molecule has 0 aliphatic heterocycles. The summed E-state index contributed by atoms with van der Waals surface area (Å²) >= 11 is 19.3. The highest BCUT2D eigenvalue weighted by atomic mass is 35.5. The maximum atomic E-state index is 9.18. The highest BCUT2D eigenvalue weighted by Gasteiger charge is 2.14. The molecule has 160 valence electrons. The zero-order chi connectivity index (χ0) is 21.7. The van der Waals surface area contributed by atoms with Crippen LogP contribution in [-0.2, 0) is 19.5 Å². The van der Waals surface area contributed by atoms with Gasteiger partial charge in [0.25, 0.3) is 0 Å². The normalized spacial score (nSPS) is 11.4. The van der Waals surface area contributed by atoms with Gasteiger partial charge in [-0.2, -0.15) is 0 Å². The molecule has 0 saturated carbocycles. The lowest BCUT2D eigenvalue weighted by Gasteiger charge is -2.16. The standard InChI is InChI=1S/C22H26ClN3OS3/c1-25(2)9-10-26-14-19(21(29)24-13-15-5-7-16(23)8-6-15)20(28)18-12-17(4-3-11-27)30-22(18)26/h5-8,12,14,27H,3-4,9-11,13H2,1-2H3,(H,24,29). The molecule has 0 spiro atoms. The number of nitrogens with one attached hydrogen (secondary N) is 1. The summed E-state index contributed by atoms with van der Waals surface area (Å²) in [6.45, 7) is 2.59. The number of aliphatic hydroxyl groups is 1. The fraction of sp³-hybridized carbons (Fsp3) is 0.364. The summed E-state index contributed by atoms with van der Waals surface area (Å²) in [6, 6.07) is 9.88. The number of pyridine rings is 1. The predicted octanol–water partition coefficient (Wildman–Crippen LogP) is 5.04. The number of aryl methyl sites for hydroxylation is 1. The molecular formula is C22H26ClN3OS3. The first-order valence-electron chi connectivity index (χ1n) is 9.83. The molecule has 30 heavy (non-hydrogen) atoms. The molecule has 0 saturated heterocycles. The number of thiophene rings is 1. The lowest BCUT2D eigenvalue weighted by molar-refractivity contribution is 0.289. The summed E-state index contributed by atoms with van der Waals surface area (Å²) in [5.41, 5.74) is 1.99. The van der Waals surface area contributed by atoms with Gasteiger partial charge in [0.1, 0.15) is 9.82 Å². The maximum absolute atomic E-state index is 9.18. The van der Waals surface area contributed by atoms with Crippen molar-refractivity contribution in [3.05, 3.63) is 62.1 Å². The van der Waals surface area contributed by atoms with Gasteiger partial charge in [-0.1, -0.05) is 48.2 Å². The predicted molar refractivity (Wildman–Crippen MR) is 135 cm³/mol. The van der Waals surface area contributed by atoms with Crippen LogP contribution in [0.2, 0.25) is 5.02 Å². The number of thiocarbonyl (C=S) groups is 1. The molecule has 2 N–H and O–H groups in total. The van der Waals surface area contributed by atoms with E-state index in [1.807, 2.05) is 24.3 Å². The van der Waals surface area contributed by atoms with E-state index in [1.54, 1.807) is 11.3 Å². The Morgan fingerprint density at radius 3 is 2.67 bits per heavy atom. The summed E-state index contributed by atoms with van der Waals surface area (Å²) in [4.78, 5) is 5.22. The Hall–Kier alpha value is -1.35. The van der Waals surface area contributed by atoms with E-state index in [9.17, 15) is 5.11 Å².